The number of nitrogens with one attached hydrogen (secondary N) is 1. The molecule has 0 amide bonds. The average molecular weight is 306 g/mol. The van der Waals surface area contributed by atoms with Crippen LogP contribution >= 0.6 is 11.3 Å². The molecule has 1 unspecified atom stereocenters. The minimum Gasteiger partial charge on any atom is -0.316 e. The molecule has 0 saturated heterocycles. The predicted octanol–water partition coefficient (Wildman–Crippen LogP) is 3.99. The Balaban J connectivity index is 2.02. The zero-order chi connectivity index (χ0) is 15.1. The first-order valence-electron chi connectivity index (χ1n) is 7.54. The van der Waals surface area contributed by atoms with Gasteiger partial charge in [-0.15, -0.1) is 11.3 Å². The summed E-state index contributed by atoms with van der Waals surface area (Å²) in [5.74, 6) is 0.271. The summed E-state index contributed by atoms with van der Waals surface area (Å²) in [4.78, 5) is 4.54. The van der Waals surface area contributed by atoms with Gasteiger partial charge >= 0.3 is 0 Å². The maximum atomic E-state index is 13.8. The molecule has 0 fully saturated rings. The van der Waals surface area contributed by atoms with E-state index in [0.29, 0.717) is 5.92 Å². The second kappa shape index (κ2) is 8.25. The van der Waals surface area contributed by atoms with E-state index < -0.39 is 0 Å². The summed E-state index contributed by atoms with van der Waals surface area (Å²) in [7, 11) is 0. The minimum absolute atomic E-state index is 0.103. The molecule has 1 atom stereocenters. The van der Waals surface area contributed by atoms with Crippen molar-refractivity contribution in [1.82, 2.24) is 10.3 Å². The average Bonchev–Trinajstić information content (AvgIpc) is 2.87. The van der Waals surface area contributed by atoms with Gasteiger partial charge in [-0.3, -0.25) is 0 Å². The van der Waals surface area contributed by atoms with Gasteiger partial charge in [0.25, 0.3) is 0 Å². The maximum Gasteiger partial charge on any atom is 0.126 e. The van der Waals surface area contributed by atoms with Crippen molar-refractivity contribution in [3.63, 3.8) is 0 Å². The molecular formula is C17H23FN2S. The van der Waals surface area contributed by atoms with Crippen molar-refractivity contribution < 1.29 is 4.39 Å². The summed E-state index contributed by atoms with van der Waals surface area (Å²) < 4.78 is 13.8. The van der Waals surface area contributed by atoms with Crippen LogP contribution in [-0.4, -0.2) is 18.1 Å². The molecule has 1 aromatic heterocycles. The van der Waals surface area contributed by atoms with Gasteiger partial charge in [0.05, 0.1) is 5.01 Å². The van der Waals surface area contributed by atoms with Gasteiger partial charge in [-0.1, -0.05) is 25.1 Å². The van der Waals surface area contributed by atoms with Crippen LogP contribution in [0, 0.1) is 18.7 Å². The van der Waals surface area contributed by atoms with Gasteiger partial charge in [-0.2, -0.15) is 0 Å². The van der Waals surface area contributed by atoms with Crippen LogP contribution in [0.3, 0.4) is 0 Å². The second-order valence-electron chi connectivity index (χ2n) is 5.45. The van der Waals surface area contributed by atoms with Crippen LogP contribution in [0.15, 0.2) is 29.6 Å². The van der Waals surface area contributed by atoms with Crippen LogP contribution in [0.4, 0.5) is 4.39 Å². The lowest BCUT2D eigenvalue weighted by Crippen LogP contribution is -2.26. The molecule has 1 N–H and O–H groups in total. The molecule has 4 heteroatoms. The molecule has 1 heterocycles. The molecule has 21 heavy (non-hydrogen) atoms. The SMILES string of the molecule is CCCNCC(Cc1nc(C)cs1)Cc1ccccc1F. The fraction of sp³-hybridized carbons (Fsp3) is 0.471. The number of nitrogens with zero attached hydrogens (tertiary/aromatic N) is 1. The zero-order valence-electron chi connectivity index (χ0n) is 12.7. The first kappa shape index (κ1) is 16.1. The zero-order valence-corrected chi connectivity index (χ0v) is 13.5. The molecule has 0 aliphatic carbocycles. The van der Waals surface area contributed by atoms with E-state index >= 15 is 0 Å². The molecule has 1 aromatic carbocycles. The third-order valence-corrected chi connectivity index (χ3v) is 4.45. The highest BCUT2D eigenvalue weighted by atomic mass is 32.1. The Morgan fingerprint density at radius 2 is 2.10 bits per heavy atom. The van der Waals surface area contributed by atoms with E-state index in [1.54, 1.807) is 23.5 Å². The van der Waals surface area contributed by atoms with Crippen molar-refractivity contribution in [2.45, 2.75) is 33.1 Å². The highest BCUT2D eigenvalue weighted by Gasteiger charge is 2.14. The summed E-state index contributed by atoms with van der Waals surface area (Å²) in [5.41, 5.74) is 1.87. The van der Waals surface area contributed by atoms with Crippen molar-refractivity contribution in [3.05, 3.63) is 51.7 Å². The van der Waals surface area contributed by atoms with E-state index in [0.717, 1.165) is 48.6 Å². The van der Waals surface area contributed by atoms with E-state index in [4.69, 9.17) is 0 Å². The van der Waals surface area contributed by atoms with Crippen LogP contribution in [0.1, 0.15) is 29.6 Å². The summed E-state index contributed by atoms with van der Waals surface area (Å²) in [6, 6.07) is 7.07. The molecule has 0 aliphatic heterocycles. The van der Waals surface area contributed by atoms with Crippen LogP contribution < -0.4 is 5.32 Å². The number of aromatic nitrogens is 1. The molecular weight excluding hydrogens is 283 g/mol. The maximum absolute atomic E-state index is 13.8. The van der Waals surface area contributed by atoms with Crippen LogP contribution in [0.2, 0.25) is 0 Å². The number of aryl methyl sites for hydroxylation is 1. The standard InChI is InChI=1S/C17H23FN2S/c1-3-8-19-11-14(10-17-20-13(2)12-21-17)9-15-6-4-5-7-16(15)18/h4-7,12,14,19H,3,8-11H2,1-2H3. The summed E-state index contributed by atoms with van der Waals surface area (Å²) >= 11 is 1.70. The van der Waals surface area contributed by atoms with E-state index in [9.17, 15) is 4.39 Å². The van der Waals surface area contributed by atoms with Gasteiger partial charge in [-0.25, -0.2) is 9.37 Å². The fourth-order valence-electron chi connectivity index (χ4n) is 2.42. The van der Waals surface area contributed by atoms with Crippen molar-refractivity contribution >= 4 is 11.3 Å². The largest absolute Gasteiger partial charge is 0.316 e. The highest BCUT2D eigenvalue weighted by molar-refractivity contribution is 7.09. The van der Waals surface area contributed by atoms with Gasteiger partial charge in [0.15, 0.2) is 0 Å². The normalized spacial score (nSPS) is 12.5. The molecule has 0 radical (unpaired) electrons. The lowest BCUT2D eigenvalue weighted by Gasteiger charge is -2.17. The summed E-state index contributed by atoms with van der Waals surface area (Å²) in [5, 5.41) is 6.68. The van der Waals surface area contributed by atoms with E-state index in [1.165, 1.54) is 0 Å². The van der Waals surface area contributed by atoms with Gasteiger partial charge in [-0.05, 0) is 50.4 Å². The fourth-order valence-corrected chi connectivity index (χ4v) is 3.31. The first-order valence-corrected chi connectivity index (χ1v) is 8.42. The number of hydrogen-bond donors (Lipinski definition) is 1. The lowest BCUT2D eigenvalue weighted by atomic mass is 9.96. The molecule has 2 nitrogen and oxygen atoms in total. The number of hydrogen-bond acceptors (Lipinski definition) is 3. The van der Waals surface area contributed by atoms with Crippen LogP contribution in [0.5, 0.6) is 0 Å². The predicted molar refractivity (Wildman–Crippen MR) is 87.3 cm³/mol. The lowest BCUT2D eigenvalue weighted by molar-refractivity contribution is 0.460. The molecule has 0 saturated carbocycles. The smallest absolute Gasteiger partial charge is 0.126 e. The van der Waals surface area contributed by atoms with Crippen molar-refractivity contribution in [2.24, 2.45) is 5.92 Å². The number of benzene rings is 1. The first-order chi connectivity index (χ1) is 10.2. The monoisotopic (exact) mass is 306 g/mol. The minimum atomic E-state index is -0.103. The summed E-state index contributed by atoms with van der Waals surface area (Å²) in [6.07, 6.45) is 2.77. The molecule has 0 aliphatic rings. The van der Waals surface area contributed by atoms with Crippen molar-refractivity contribution in [2.75, 3.05) is 13.1 Å². The Morgan fingerprint density at radius 3 is 2.76 bits per heavy atom. The molecule has 0 spiro atoms. The Kier molecular flexibility index (Phi) is 6.33. The quantitative estimate of drug-likeness (QED) is 0.746. The Hall–Kier alpha value is -1.26. The Labute approximate surface area is 130 Å². The van der Waals surface area contributed by atoms with Crippen molar-refractivity contribution in [3.8, 4) is 0 Å². The Bertz CT molecular complexity index is 553. The Morgan fingerprint density at radius 1 is 1.29 bits per heavy atom. The van der Waals surface area contributed by atoms with Gasteiger partial charge in [0.1, 0.15) is 5.82 Å². The summed E-state index contributed by atoms with van der Waals surface area (Å²) in [6.45, 7) is 6.08. The van der Waals surface area contributed by atoms with Gasteiger partial charge in [0.2, 0.25) is 0 Å². The van der Waals surface area contributed by atoms with Crippen LogP contribution in [-0.2, 0) is 12.8 Å². The van der Waals surface area contributed by atoms with E-state index in [2.05, 4.69) is 22.6 Å². The van der Waals surface area contributed by atoms with Crippen LogP contribution in [0.25, 0.3) is 0 Å². The molecule has 114 valence electrons. The second-order valence-corrected chi connectivity index (χ2v) is 6.40. The highest BCUT2D eigenvalue weighted by Crippen LogP contribution is 2.19. The van der Waals surface area contributed by atoms with Gasteiger partial charge in [0, 0.05) is 17.5 Å². The molecule has 2 rings (SSSR count). The number of rotatable bonds is 8. The number of thiazole rings is 1. The van der Waals surface area contributed by atoms with E-state index in [1.807, 2.05) is 19.1 Å². The third kappa shape index (κ3) is 5.21. The van der Waals surface area contributed by atoms with E-state index in [-0.39, 0.29) is 5.82 Å². The topological polar surface area (TPSA) is 24.9 Å². The van der Waals surface area contributed by atoms with Gasteiger partial charge < -0.3 is 5.32 Å². The number of halogens is 1. The molecule has 0 bridgehead atoms. The third-order valence-electron chi connectivity index (χ3n) is 3.46. The van der Waals surface area contributed by atoms with Crippen molar-refractivity contribution in [1.29, 1.82) is 0 Å². The molecule has 2 aromatic rings.